The highest BCUT2D eigenvalue weighted by Gasteiger charge is 2.20. The number of rotatable bonds is 8. The highest BCUT2D eigenvalue weighted by Crippen LogP contribution is 2.19. The molecule has 1 aromatic heterocycles. The Morgan fingerprint density at radius 3 is 3.10 bits per heavy atom. The van der Waals surface area contributed by atoms with Crippen molar-refractivity contribution < 1.29 is 4.74 Å². The second-order valence-electron chi connectivity index (χ2n) is 6.33. The van der Waals surface area contributed by atoms with E-state index >= 15 is 0 Å². The number of hydrogen-bond acceptors (Lipinski definition) is 4. The number of imidazole rings is 1. The van der Waals surface area contributed by atoms with Crippen molar-refractivity contribution in [2.75, 3.05) is 39.9 Å². The monoisotopic (exact) mass is 294 g/mol. The maximum Gasteiger partial charge on any atom is 0.0951 e. The molecule has 0 bridgehead atoms. The Hall–Kier alpha value is -0.910. The van der Waals surface area contributed by atoms with E-state index in [9.17, 15) is 0 Å². The number of ether oxygens (including phenoxy) is 1. The molecular weight excluding hydrogens is 264 g/mol. The summed E-state index contributed by atoms with van der Waals surface area (Å²) in [6.45, 7) is 10.7. The molecule has 1 aliphatic heterocycles. The molecule has 0 aromatic carbocycles. The van der Waals surface area contributed by atoms with E-state index < -0.39 is 0 Å². The lowest BCUT2D eigenvalue weighted by molar-refractivity contribution is 0.156. The largest absolute Gasteiger partial charge is 0.383 e. The highest BCUT2D eigenvalue weighted by molar-refractivity contribution is 5.00. The number of aromatic nitrogens is 2. The van der Waals surface area contributed by atoms with Crippen molar-refractivity contribution in [3.63, 3.8) is 0 Å². The van der Waals surface area contributed by atoms with Gasteiger partial charge in [0.25, 0.3) is 0 Å². The molecule has 1 aliphatic rings. The van der Waals surface area contributed by atoms with E-state index in [-0.39, 0.29) is 0 Å². The highest BCUT2D eigenvalue weighted by atomic mass is 16.5. The molecule has 1 fully saturated rings. The average molecular weight is 294 g/mol. The minimum absolute atomic E-state index is 0.485. The first kappa shape index (κ1) is 16.5. The minimum atomic E-state index is 0.485. The summed E-state index contributed by atoms with van der Waals surface area (Å²) in [6, 6.07) is 0.485. The fourth-order valence-electron chi connectivity index (χ4n) is 3.09. The van der Waals surface area contributed by atoms with Crippen molar-refractivity contribution in [3.8, 4) is 0 Å². The van der Waals surface area contributed by atoms with E-state index in [1.165, 1.54) is 31.6 Å². The van der Waals surface area contributed by atoms with Gasteiger partial charge >= 0.3 is 0 Å². The Labute approximate surface area is 128 Å². The Kier molecular flexibility index (Phi) is 6.67. The zero-order valence-corrected chi connectivity index (χ0v) is 13.7. The van der Waals surface area contributed by atoms with Gasteiger partial charge in [0.05, 0.1) is 18.6 Å². The third-order valence-corrected chi connectivity index (χ3v) is 4.21. The van der Waals surface area contributed by atoms with Crippen molar-refractivity contribution in [1.82, 2.24) is 19.8 Å². The quantitative estimate of drug-likeness (QED) is 0.744. The van der Waals surface area contributed by atoms with Gasteiger partial charge in [0.15, 0.2) is 0 Å². The number of nitrogens with one attached hydrogen (secondary N) is 1. The van der Waals surface area contributed by atoms with E-state index in [0.717, 1.165) is 32.2 Å². The summed E-state index contributed by atoms with van der Waals surface area (Å²) in [7, 11) is 1.75. The molecule has 1 N–H and O–H groups in total. The summed E-state index contributed by atoms with van der Waals surface area (Å²) in [6.07, 6.45) is 6.60. The van der Waals surface area contributed by atoms with Crippen molar-refractivity contribution >= 4 is 0 Å². The van der Waals surface area contributed by atoms with Gasteiger partial charge in [0, 0.05) is 39.0 Å². The third-order valence-electron chi connectivity index (χ3n) is 4.21. The lowest BCUT2D eigenvalue weighted by atomic mass is 9.98. The van der Waals surface area contributed by atoms with Gasteiger partial charge in [-0.25, -0.2) is 4.98 Å². The molecule has 1 aromatic rings. The summed E-state index contributed by atoms with van der Waals surface area (Å²) < 4.78 is 7.35. The van der Waals surface area contributed by atoms with Crippen LogP contribution in [0.3, 0.4) is 0 Å². The zero-order valence-electron chi connectivity index (χ0n) is 13.7. The van der Waals surface area contributed by atoms with Gasteiger partial charge in [-0.3, -0.25) is 4.90 Å². The van der Waals surface area contributed by atoms with Crippen molar-refractivity contribution in [3.05, 3.63) is 18.2 Å². The van der Waals surface area contributed by atoms with Gasteiger partial charge in [0.1, 0.15) is 0 Å². The molecule has 0 saturated carbocycles. The molecule has 5 nitrogen and oxygen atoms in total. The van der Waals surface area contributed by atoms with Crippen LogP contribution in [0, 0.1) is 5.92 Å². The number of hydrogen-bond donors (Lipinski definition) is 1. The first-order valence-electron chi connectivity index (χ1n) is 8.13. The molecule has 0 spiro atoms. The van der Waals surface area contributed by atoms with E-state index in [4.69, 9.17) is 4.74 Å². The molecule has 120 valence electrons. The second kappa shape index (κ2) is 8.51. The summed E-state index contributed by atoms with van der Waals surface area (Å²) in [5, 5.41) is 3.50. The van der Waals surface area contributed by atoms with Crippen LogP contribution in [-0.2, 0) is 11.3 Å². The van der Waals surface area contributed by atoms with Crippen molar-refractivity contribution in [1.29, 1.82) is 0 Å². The van der Waals surface area contributed by atoms with Gasteiger partial charge in [-0.05, 0) is 45.7 Å². The summed E-state index contributed by atoms with van der Waals surface area (Å²) >= 11 is 0. The van der Waals surface area contributed by atoms with E-state index in [1.54, 1.807) is 7.11 Å². The second-order valence-corrected chi connectivity index (χ2v) is 6.33. The molecule has 5 heteroatoms. The molecule has 0 amide bonds. The van der Waals surface area contributed by atoms with Gasteiger partial charge in [-0.2, -0.15) is 0 Å². The number of nitrogens with zero attached hydrogens (tertiary/aromatic N) is 3. The molecule has 0 aliphatic carbocycles. The first-order chi connectivity index (χ1) is 10.2. The Morgan fingerprint density at radius 2 is 2.33 bits per heavy atom. The van der Waals surface area contributed by atoms with Gasteiger partial charge in [0.2, 0.25) is 0 Å². The van der Waals surface area contributed by atoms with Crippen LogP contribution >= 0.6 is 0 Å². The minimum Gasteiger partial charge on any atom is -0.383 e. The van der Waals surface area contributed by atoms with Crippen LogP contribution in [0.5, 0.6) is 0 Å². The average Bonchev–Trinajstić information content (AvgIpc) is 2.92. The number of likely N-dealkylation sites (tertiary alicyclic amines) is 1. The van der Waals surface area contributed by atoms with Gasteiger partial charge < -0.3 is 14.6 Å². The summed E-state index contributed by atoms with van der Waals surface area (Å²) in [5.41, 5.74) is 1.33. The molecule has 2 rings (SSSR count). The molecule has 21 heavy (non-hydrogen) atoms. The summed E-state index contributed by atoms with van der Waals surface area (Å²) in [4.78, 5) is 6.88. The Morgan fingerprint density at radius 1 is 1.48 bits per heavy atom. The van der Waals surface area contributed by atoms with Crippen LogP contribution < -0.4 is 5.32 Å². The zero-order chi connectivity index (χ0) is 15.1. The van der Waals surface area contributed by atoms with Crippen molar-refractivity contribution in [2.45, 2.75) is 39.3 Å². The van der Waals surface area contributed by atoms with Gasteiger partial charge in [-0.15, -0.1) is 0 Å². The third kappa shape index (κ3) is 5.09. The fourth-order valence-corrected chi connectivity index (χ4v) is 3.09. The molecular formula is C16H30N4O. The first-order valence-corrected chi connectivity index (χ1v) is 8.13. The van der Waals surface area contributed by atoms with Crippen LogP contribution in [0.1, 0.15) is 38.4 Å². The number of piperidine rings is 1. The van der Waals surface area contributed by atoms with Crippen LogP contribution in [-0.4, -0.2) is 54.3 Å². The maximum absolute atomic E-state index is 5.08. The van der Waals surface area contributed by atoms with Crippen LogP contribution in [0.4, 0.5) is 0 Å². The smallest absolute Gasteiger partial charge is 0.0951 e. The van der Waals surface area contributed by atoms with E-state index in [2.05, 4.69) is 33.6 Å². The molecule has 1 atom stereocenters. The normalized spacial score (nSPS) is 20.3. The molecule has 0 radical (unpaired) electrons. The summed E-state index contributed by atoms with van der Waals surface area (Å²) in [5.74, 6) is 0.756. The molecule has 2 heterocycles. The predicted octanol–water partition coefficient (Wildman–Crippen LogP) is 1.91. The van der Waals surface area contributed by atoms with E-state index in [1.807, 2.05) is 12.5 Å². The topological polar surface area (TPSA) is 42.3 Å². The predicted molar refractivity (Wildman–Crippen MR) is 85.4 cm³/mol. The van der Waals surface area contributed by atoms with Crippen molar-refractivity contribution in [2.24, 2.45) is 5.92 Å². The standard InChI is InChI=1S/C16H30N4O/c1-14(2)20-13-18-10-16(20)12-19-7-4-5-15(11-19)9-17-6-8-21-3/h10,13-15,17H,4-9,11-12H2,1-3H3. The lowest BCUT2D eigenvalue weighted by Crippen LogP contribution is -2.40. The SMILES string of the molecule is COCCNCC1CCCN(Cc2cncn2C(C)C)C1. The lowest BCUT2D eigenvalue weighted by Gasteiger charge is -2.33. The van der Waals surface area contributed by atoms with Gasteiger partial charge in [-0.1, -0.05) is 0 Å². The number of methoxy groups -OCH3 is 1. The molecule has 1 saturated heterocycles. The molecule has 1 unspecified atom stereocenters. The van der Waals surface area contributed by atoms with Crippen LogP contribution in [0.2, 0.25) is 0 Å². The van der Waals surface area contributed by atoms with E-state index in [0.29, 0.717) is 6.04 Å². The maximum atomic E-state index is 5.08. The Balaban J connectivity index is 1.79. The van der Waals surface area contributed by atoms with Crippen LogP contribution in [0.25, 0.3) is 0 Å². The fraction of sp³-hybridized carbons (Fsp3) is 0.812. The van der Waals surface area contributed by atoms with Crippen LogP contribution in [0.15, 0.2) is 12.5 Å². The Bertz CT molecular complexity index is 405.